The van der Waals surface area contributed by atoms with Crippen LogP contribution in [0.2, 0.25) is 0 Å². The summed E-state index contributed by atoms with van der Waals surface area (Å²) in [5.41, 5.74) is 1.90. The van der Waals surface area contributed by atoms with Gasteiger partial charge in [0.15, 0.2) is 0 Å². The highest BCUT2D eigenvalue weighted by molar-refractivity contribution is 5.97. The maximum atomic E-state index is 13.2. The normalized spacial score (nSPS) is 16.1. The lowest BCUT2D eigenvalue weighted by molar-refractivity contribution is -0.137. The van der Waals surface area contributed by atoms with Gasteiger partial charge in [-0.1, -0.05) is 19.1 Å². The molecular weight excluding hydrogens is 405 g/mol. The van der Waals surface area contributed by atoms with Crippen LogP contribution in [-0.4, -0.2) is 49.6 Å². The van der Waals surface area contributed by atoms with E-state index in [1.54, 1.807) is 6.92 Å². The van der Waals surface area contributed by atoms with Crippen molar-refractivity contribution in [3.63, 3.8) is 0 Å². The number of aryl methyl sites for hydroxylation is 1. The first-order chi connectivity index (χ1) is 14.7. The predicted molar refractivity (Wildman–Crippen MR) is 119 cm³/mol. The SMILES string of the molecule is CCN1CCN(c2ccc(NC(C)C(=O)Nc3ccccc3C(F)(F)F)cc2C)CC1. The first-order valence-electron chi connectivity index (χ1n) is 10.5. The first kappa shape index (κ1) is 22.9. The highest BCUT2D eigenvalue weighted by Gasteiger charge is 2.33. The van der Waals surface area contributed by atoms with Crippen molar-refractivity contribution >= 4 is 23.0 Å². The molecule has 2 aromatic rings. The van der Waals surface area contributed by atoms with Gasteiger partial charge in [0.2, 0.25) is 5.91 Å². The summed E-state index contributed by atoms with van der Waals surface area (Å²) in [5, 5.41) is 5.48. The molecule has 2 aromatic carbocycles. The Morgan fingerprint density at radius 2 is 1.77 bits per heavy atom. The van der Waals surface area contributed by atoms with Crippen LogP contribution < -0.4 is 15.5 Å². The lowest BCUT2D eigenvalue weighted by atomic mass is 10.1. The average molecular weight is 435 g/mol. The second kappa shape index (κ2) is 9.60. The Morgan fingerprint density at radius 1 is 1.10 bits per heavy atom. The Morgan fingerprint density at radius 3 is 2.39 bits per heavy atom. The van der Waals surface area contributed by atoms with E-state index in [4.69, 9.17) is 0 Å². The fraction of sp³-hybridized carbons (Fsp3) is 0.435. The highest BCUT2D eigenvalue weighted by atomic mass is 19.4. The molecule has 168 valence electrons. The Balaban J connectivity index is 1.64. The number of carbonyl (C=O) groups excluding carboxylic acids is 1. The van der Waals surface area contributed by atoms with Gasteiger partial charge in [0.1, 0.15) is 6.04 Å². The van der Waals surface area contributed by atoms with Crippen LogP contribution in [0, 0.1) is 6.92 Å². The zero-order valence-corrected chi connectivity index (χ0v) is 18.1. The van der Waals surface area contributed by atoms with Crippen LogP contribution in [0.15, 0.2) is 42.5 Å². The second-order valence-corrected chi connectivity index (χ2v) is 7.82. The van der Waals surface area contributed by atoms with Crippen molar-refractivity contribution < 1.29 is 18.0 Å². The molecule has 3 rings (SSSR count). The molecule has 5 nitrogen and oxygen atoms in total. The maximum Gasteiger partial charge on any atom is 0.418 e. The molecule has 0 spiro atoms. The number of hydrogen-bond donors (Lipinski definition) is 2. The Labute approximate surface area is 181 Å². The minimum Gasteiger partial charge on any atom is -0.374 e. The number of para-hydroxylation sites is 1. The molecule has 0 aliphatic carbocycles. The highest BCUT2D eigenvalue weighted by Crippen LogP contribution is 2.34. The van der Waals surface area contributed by atoms with Gasteiger partial charge in [-0.25, -0.2) is 0 Å². The van der Waals surface area contributed by atoms with Gasteiger partial charge >= 0.3 is 6.18 Å². The van der Waals surface area contributed by atoms with Crippen molar-refractivity contribution in [3.8, 4) is 0 Å². The number of nitrogens with zero attached hydrogens (tertiary/aromatic N) is 2. The van der Waals surface area contributed by atoms with Gasteiger partial charge < -0.3 is 20.4 Å². The van der Waals surface area contributed by atoms with Gasteiger partial charge in [-0.15, -0.1) is 0 Å². The summed E-state index contributed by atoms with van der Waals surface area (Å²) < 4.78 is 39.5. The number of benzene rings is 2. The van der Waals surface area contributed by atoms with Crippen molar-refractivity contribution in [1.82, 2.24) is 4.90 Å². The van der Waals surface area contributed by atoms with E-state index in [0.717, 1.165) is 55.7 Å². The fourth-order valence-corrected chi connectivity index (χ4v) is 3.80. The molecule has 1 amide bonds. The van der Waals surface area contributed by atoms with Gasteiger partial charge in [0.05, 0.1) is 11.3 Å². The van der Waals surface area contributed by atoms with Crippen molar-refractivity contribution in [3.05, 3.63) is 53.6 Å². The van der Waals surface area contributed by atoms with Gasteiger partial charge in [-0.05, 0) is 56.3 Å². The summed E-state index contributed by atoms with van der Waals surface area (Å²) in [4.78, 5) is 17.3. The van der Waals surface area contributed by atoms with E-state index in [9.17, 15) is 18.0 Å². The van der Waals surface area contributed by atoms with Crippen molar-refractivity contribution in [1.29, 1.82) is 0 Å². The molecule has 1 unspecified atom stereocenters. The second-order valence-electron chi connectivity index (χ2n) is 7.82. The van der Waals surface area contributed by atoms with E-state index in [-0.39, 0.29) is 5.69 Å². The molecule has 2 N–H and O–H groups in total. The van der Waals surface area contributed by atoms with Crippen LogP contribution in [0.1, 0.15) is 25.0 Å². The minimum absolute atomic E-state index is 0.244. The van der Waals surface area contributed by atoms with Crippen LogP contribution in [0.3, 0.4) is 0 Å². The van der Waals surface area contributed by atoms with Gasteiger partial charge in [0, 0.05) is 37.6 Å². The van der Waals surface area contributed by atoms with Crippen LogP contribution in [0.5, 0.6) is 0 Å². The monoisotopic (exact) mass is 434 g/mol. The summed E-state index contributed by atoms with van der Waals surface area (Å²) in [6.07, 6.45) is -4.53. The van der Waals surface area contributed by atoms with Crippen molar-refractivity contribution in [2.45, 2.75) is 33.0 Å². The molecule has 0 aromatic heterocycles. The van der Waals surface area contributed by atoms with E-state index < -0.39 is 23.7 Å². The Kier molecular flexibility index (Phi) is 7.10. The number of amides is 1. The van der Waals surface area contributed by atoms with Gasteiger partial charge in [-0.2, -0.15) is 13.2 Å². The number of halogens is 3. The molecule has 1 aliphatic rings. The zero-order chi connectivity index (χ0) is 22.6. The molecular formula is C23H29F3N4O. The molecule has 0 saturated carbocycles. The van der Waals surface area contributed by atoms with E-state index in [1.807, 2.05) is 25.1 Å². The standard InChI is InChI=1S/C23H29F3N4O/c1-4-29-11-13-30(14-12-29)21-10-9-18(15-16(21)2)27-17(3)22(31)28-20-8-6-5-7-19(20)23(24,25)26/h5-10,15,17,27H,4,11-14H2,1-3H3,(H,28,31). The number of piperazine rings is 1. The molecule has 1 aliphatic heterocycles. The molecule has 1 heterocycles. The summed E-state index contributed by atoms with van der Waals surface area (Å²) in [6.45, 7) is 10.9. The first-order valence-corrected chi connectivity index (χ1v) is 10.5. The number of nitrogens with one attached hydrogen (secondary N) is 2. The Hall–Kier alpha value is -2.74. The lowest BCUT2D eigenvalue weighted by Gasteiger charge is -2.36. The lowest BCUT2D eigenvalue weighted by Crippen LogP contribution is -2.46. The quantitative estimate of drug-likeness (QED) is 0.698. The van der Waals surface area contributed by atoms with Gasteiger partial charge in [0.25, 0.3) is 0 Å². The number of anilines is 3. The van der Waals surface area contributed by atoms with Crippen LogP contribution >= 0.6 is 0 Å². The number of rotatable bonds is 6. The number of hydrogen-bond acceptors (Lipinski definition) is 4. The van der Waals surface area contributed by atoms with Crippen LogP contribution in [-0.2, 0) is 11.0 Å². The number of carbonyl (C=O) groups is 1. The predicted octanol–water partition coefficient (Wildman–Crippen LogP) is 4.59. The molecule has 1 atom stereocenters. The topological polar surface area (TPSA) is 47.6 Å². The zero-order valence-electron chi connectivity index (χ0n) is 18.1. The van der Waals surface area contributed by atoms with E-state index in [2.05, 4.69) is 27.4 Å². The van der Waals surface area contributed by atoms with Crippen LogP contribution in [0.4, 0.5) is 30.2 Å². The molecule has 1 fully saturated rings. The summed E-state index contributed by atoms with van der Waals surface area (Å²) in [7, 11) is 0. The van der Waals surface area contributed by atoms with Crippen molar-refractivity contribution in [2.24, 2.45) is 0 Å². The van der Waals surface area contributed by atoms with Crippen LogP contribution in [0.25, 0.3) is 0 Å². The number of likely N-dealkylation sites (N-methyl/N-ethyl adjacent to an activating group) is 1. The molecule has 8 heteroatoms. The molecule has 31 heavy (non-hydrogen) atoms. The minimum atomic E-state index is -4.53. The average Bonchev–Trinajstić information content (AvgIpc) is 2.73. The van der Waals surface area contributed by atoms with Crippen molar-refractivity contribution in [2.75, 3.05) is 48.3 Å². The third kappa shape index (κ3) is 5.70. The largest absolute Gasteiger partial charge is 0.418 e. The number of alkyl halides is 3. The third-order valence-electron chi connectivity index (χ3n) is 5.62. The molecule has 1 saturated heterocycles. The van der Waals surface area contributed by atoms with E-state index in [1.165, 1.54) is 18.2 Å². The smallest absolute Gasteiger partial charge is 0.374 e. The summed E-state index contributed by atoms with van der Waals surface area (Å²) in [5.74, 6) is -0.533. The maximum absolute atomic E-state index is 13.2. The molecule has 0 bridgehead atoms. The molecule has 0 radical (unpaired) electrons. The van der Waals surface area contributed by atoms with E-state index >= 15 is 0 Å². The Bertz CT molecular complexity index is 908. The summed E-state index contributed by atoms with van der Waals surface area (Å²) in [6, 6.07) is 10.2. The van der Waals surface area contributed by atoms with E-state index in [0.29, 0.717) is 0 Å². The third-order valence-corrected chi connectivity index (χ3v) is 5.62. The summed E-state index contributed by atoms with van der Waals surface area (Å²) >= 11 is 0. The fourth-order valence-electron chi connectivity index (χ4n) is 3.80. The van der Waals surface area contributed by atoms with Gasteiger partial charge in [-0.3, -0.25) is 4.79 Å².